The summed E-state index contributed by atoms with van der Waals surface area (Å²) in [4.78, 5) is 10.6. The summed E-state index contributed by atoms with van der Waals surface area (Å²) in [5.74, 6) is 2.09. The molecule has 6 nitrogen and oxygen atoms in total. The largest absolute Gasteiger partial charge is 0.383 e. The van der Waals surface area contributed by atoms with Crippen molar-refractivity contribution < 1.29 is 0 Å². The fraction of sp³-hybridized carbons (Fsp3) is 0.417. The number of nitrogen functional groups attached to an aromatic ring is 1. The third kappa shape index (κ3) is 2.42. The van der Waals surface area contributed by atoms with E-state index in [1.165, 1.54) is 0 Å². The van der Waals surface area contributed by atoms with E-state index in [2.05, 4.69) is 20.0 Å². The number of hydrogen-bond acceptors (Lipinski definition) is 5. The molecule has 0 fully saturated rings. The summed E-state index contributed by atoms with van der Waals surface area (Å²) in [7, 11) is 3.89. The van der Waals surface area contributed by atoms with Crippen LogP contribution in [0.3, 0.4) is 0 Å². The van der Waals surface area contributed by atoms with E-state index in [0.717, 1.165) is 23.5 Å². The van der Waals surface area contributed by atoms with Crippen LogP contribution in [-0.4, -0.2) is 26.8 Å². The number of aryl methyl sites for hydroxylation is 2. The number of nitrogens with two attached hydrogens (primary N) is 1. The molecule has 18 heavy (non-hydrogen) atoms. The van der Waals surface area contributed by atoms with Crippen molar-refractivity contribution in [2.24, 2.45) is 7.05 Å². The van der Waals surface area contributed by atoms with Crippen LogP contribution in [0.5, 0.6) is 0 Å². The van der Waals surface area contributed by atoms with E-state index in [4.69, 9.17) is 5.73 Å². The molecule has 2 N–H and O–H groups in total. The van der Waals surface area contributed by atoms with Crippen LogP contribution >= 0.6 is 0 Å². The van der Waals surface area contributed by atoms with E-state index in [9.17, 15) is 0 Å². The minimum atomic E-state index is 0.538. The van der Waals surface area contributed by atoms with E-state index in [1.54, 1.807) is 4.68 Å². The predicted molar refractivity (Wildman–Crippen MR) is 71.2 cm³/mol. The van der Waals surface area contributed by atoms with E-state index in [1.807, 2.05) is 40.3 Å². The van der Waals surface area contributed by atoms with Gasteiger partial charge >= 0.3 is 0 Å². The second-order valence-corrected chi connectivity index (χ2v) is 4.48. The molecule has 2 heterocycles. The highest BCUT2D eigenvalue weighted by Crippen LogP contribution is 2.21. The Morgan fingerprint density at radius 2 is 2.06 bits per heavy atom. The minimum Gasteiger partial charge on any atom is -0.383 e. The minimum absolute atomic E-state index is 0.538. The van der Waals surface area contributed by atoms with Crippen LogP contribution in [0.25, 0.3) is 0 Å². The van der Waals surface area contributed by atoms with Crippen molar-refractivity contribution in [3.8, 4) is 0 Å². The average Bonchev–Trinajstić information content (AvgIpc) is 2.69. The van der Waals surface area contributed by atoms with Crippen LogP contribution in [0, 0.1) is 13.8 Å². The molecule has 0 saturated heterocycles. The molecule has 0 unspecified atom stereocenters. The molecule has 0 aliphatic rings. The van der Waals surface area contributed by atoms with Crippen LogP contribution in [0.1, 0.15) is 17.0 Å². The predicted octanol–water partition coefficient (Wildman–Crippen LogP) is 1.05. The van der Waals surface area contributed by atoms with Gasteiger partial charge in [-0.25, -0.2) is 9.97 Å². The number of anilines is 2. The van der Waals surface area contributed by atoms with Crippen LogP contribution in [0.4, 0.5) is 11.6 Å². The first kappa shape index (κ1) is 12.3. The number of aromatic nitrogens is 4. The van der Waals surface area contributed by atoms with Gasteiger partial charge in [-0.1, -0.05) is 0 Å². The summed E-state index contributed by atoms with van der Waals surface area (Å²) in [6, 6.07) is 0. The topological polar surface area (TPSA) is 72.9 Å². The zero-order valence-corrected chi connectivity index (χ0v) is 11.2. The lowest BCUT2D eigenvalue weighted by molar-refractivity contribution is 0.766. The zero-order valence-electron chi connectivity index (χ0n) is 11.2. The number of nitrogens with zero attached hydrogens (tertiary/aromatic N) is 5. The highest BCUT2D eigenvalue weighted by atomic mass is 15.2. The second kappa shape index (κ2) is 4.64. The Kier molecular flexibility index (Phi) is 3.18. The molecule has 96 valence electrons. The van der Waals surface area contributed by atoms with Crippen LogP contribution < -0.4 is 10.6 Å². The van der Waals surface area contributed by atoms with Crippen molar-refractivity contribution in [1.82, 2.24) is 19.7 Å². The second-order valence-electron chi connectivity index (χ2n) is 4.48. The third-order valence-electron chi connectivity index (χ3n) is 2.81. The van der Waals surface area contributed by atoms with Gasteiger partial charge in [0.1, 0.15) is 17.5 Å². The van der Waals surface area contributed by atoms with E-state index in [0.29, 0.717) is 11.6 Å². The molecule has 0 radical (unpaired) electrons. The molecule has 0 atom stereocenters. The summed E-state index contributed by atoms with van der Waals surface area (Å²) < 4.78 is 1.79. The van der Waals surface area contributed by atoms with Crippen molar-refractivity contribution >= 4 is 11.6 Å². The van der Waals surface area contributed by atoms with E-state index >= 15 is 0 Å². The molecule has 0 aliphatic carbocycles. The lowest BCUT2D eigenvalue weighted by Gasteiger charge is -2.20. The maximum absolute atomic E-state index is 5.86. The maximum Gasteiger partial charge on any atom is 0.137 e. The van der Waals surface area contributed by atoms with Crippen molar-refractivity contribution in [3.05, 3.63) is 29.3 Å². The Morgan fingerprint density at radius 3 is 2.67 bits per heavy atom. The van der Waals surface area contributed by atoms with Gasteiger partial charge in [0.05, 0.1) is 6.20 Å². The van der Waals surface area contributed by atoms with Crippen molar-refractivity contribution in [3.63, 3.8) is 0 Å². The van der Waals surface area contributed by atoms with Gasteiger partial charge in [0, 0.05) is 38.0 Å². The van der Waals surface area contributed by atoms with Gasteiger partial charge in [0.25, 0.3) is 0 Å². The van der Waals surface area contributed by atoms with E-state index < -0.39 is 0 Å². The SMILES string of the molecule is Cc1nc(N)c(C)c(N(C)Cc2cnn(C)c2)n1. The number of hydrogen-bond donors (Lipinski definition) is 1. The first-order valence-electron chi connectivity index (χ1n) is 5.76. The number of rotatable bonds is 3. The van der Waals surface area contributed by atoms with Gasteiger partial charge in [-0.3, -0.25) is 4.68 Å². The fourth-order valence-electron chi connectivity index (χ4n) is 1.91. The molecule has 0 aliphatic heterocycles. The van der Waals surface area contributed by atoms with Crippen molar-refractivity contribution in [2.75, 3.05) is 17.7 Å². The Bertz CT molecular complexity index is 560. The average molecular weight is 246 g/mol. The van der Waals surface area contributed by atoms with Crippen LogP contribution in [-0.2, 0) is 13.6 Å². The van der Waals surface area contributed by atoms with Gasteiger partial charge in [-0.05, 0) is 13.8 Å². The lowest BCUT2D eigenvalue weighted by Crippen LogP contribution is -2.20. The lowest BCUT2D eigenvalue weighted by atomic mass is 10.2. The van der Waals surface area contributed by atoms with Crippen molar-refractivity contribution in [1.29, 1.82) is 0 Å². The molecule has 2 aromatic rings. The summed E-state index contributed by atoms with van der Waals surface area (Å²) in [6.07, 6.45) is 3.84. The highest BCUT2D eigenvalue weighted by molar-refractivity contribution is 5.56. The molecule has 0 aromatic carbocycles. The standard InChI is InChI=1S/C12H18N6/c1-8-11(13)15-9(2)16-12(8)17(3)6-10-5-14-18(4)7-10/h5,7H,6H2,1-4H3,(H2,13,15,16). The van der Waals surface area contributed by atoms with Gasteiger partial charge in [0.15, 0.2) is 0 Å². The quantitative estimate of drug-likeness (QED) is 0.876. The van der Waals surface area contributed by atoms with Crippen molar-refractivity contribution in [2.45, 2.75) is 20.4 Å². The first-order chi connectivity index (χ1) is 8.47. The van der Waals surface area contributed by atoms with Crippen LogP contribution in [0.2, 0.25) is 0 Å². The van der Waals surface area contributed by atoms with Gasteiger partial charge < -0.3 is 10.6 Å². The molecular formula is C12H18N6. The Morgan fingerprint density at radius 1 is 1.33 bits per heavy atom. The summed E-state index contributed by atoms with van der Waals surface area (Å²) in [5, 5.41) is 4.15. The molecule has 0 amide bonds. The molecule has 0 saturated carbocycles. The first-order valence-corrected chi connectivity index (χ1v) is 5.76. The molecule has 2 rings (SSSR count). The molecule has 0 bridgehead atoms. The Hall–Kier alpha value is -2.11. The van der Waals surface area contributed by atoms with Crippen LogP contribution in [0.15, 0.2) is 12.4 Å². The third-order valence-corrected chi connectivity index (χ3v) is 2.81. The smallest absolute Gasteiger partial charge is 0.137 e. The van der Waals surface area contributed by atoms with Gasteiger partial charge in [-0.2, -0.15) is 5.10 Å². The monoisotopic (exact) mass is 246 g/mol. The fourth-order valence-corrected chi connectivity index (χ4v) is 1.91. The van der Waals surface area contributed by atoms with E-state index in [-0.39, 0.29) is 0 Å². The molecule has 0 spiro atoms. The van der Waals surface area contributed by atoms with Gasteiger partial charge in [0.2, 0.25) is 0 Å². The Labute approximate surface area is 106 Å². The van der Waals surface area contributed by atoms with Gasteiger partial charge in [-0.15, -0.1) is 0 Å². The molecule has 2 aromatic heterocycles. The highest BCUT2D eigenvalue weighted by Gasteiger charge is 2.12. The summed E-state index contributed by atoms with van der Waals surface area (Å²) in [5.41, 5.74) is 7.91. The molecular weight excluding hydrogens is 228 g/mol. The molecule has 6 heteroatoms. The maximum atomic E-state index is 5.86. The normalized spacial score (nSPS) is 10.7. The zero-order chi connectivity index (χ0) is 13.3. The summed E-state index contributed by atoms with van der Waals surface area (Å²) in [6.45, 7) is 4.52. The summed E-state index contributed by atoms with van der Waals surface area (Å²) >= 11 is 0. The Balaban J connectivity index is 2.26.